The van der Waals surface area contributed by atoms with Crippen molar-refractivity contribution in [3.8, 4) is 17.6 Å². The molecule has 0 saturated carbocycles. The molecule has 2 aromatic rings. The van der Waals surface area contributed by atoms with Crippen molar-refractivity contribution in [1.29, 1.82) is 5.26 Å². The topological polar surface area (TPSA) is 70.3 Å². The summed E-state index contributed by atoms with van der Waals surface area (Å²) in [5.74, 6) is 0.533. The SMILES string of the molecule is CCCc1c(OCCCc2ccc(C#N)cc2)ccc(C(C)=O)c1O. The summed E-state index contributed by atoms with van der Waals surface area (Å²) in [6.45, 7) is 3.99. The van der Waals surface area contributed by atoms with Crippen molar-refractivity contribution in [2.24, 2.45) is 0 Å². The molecule has 0 bridgehead atoms. The predicted octanol–water partition coefficient (Wildman–Crippen LogP) is 4.43. The van der Waals surface area contributed by atoms with E-state index in [-0.39, 0.29) is 11.5 Å². The molecule has 0 heterocycles. The van der Waals surface area contributed by atoms with Gasteiger partial charge in [-0.3, -0.25) is 4.79 Å². The maximum Gasteiger partial charge on any atom is 0.163 e. The zero-order valence-electron chi connectivity index (χ0n) is 14.7. The van der Waals surface area contributed by atoms with Crippen LogP contribution in [0.15, 0.2) is 36.4 Å². The van der Waals surface area contributed by atoms with Gasteiger partial charge in [0.2, 0.25) is 0 Å². The second-order valence-electron chi connectivity index (χ2n) is 6.01. The van der Waals surface area contributed by atoms with Gasteiger partial charge in [0.1, 0.15) is 11.5 Å². The molecule has 4 nitrogen and oxygen atoms in total. The number of aryl methyl sites for hydroxylation is 1. The Morgan fingerprint density at radius 3 is 2.48 bits per heavy atom. The minimum atomic E-state index is -0.151. The molecule has 0 unspecified atom stereocenters. The first-order valence-corrected chi connectivity index (χ1v) is 8.54. The molecule has 0 aromatic heterocycles. The number of rotatable bonds is 8. The molecular weight excluding hydrogens is 314 g/mol. The number of nitrogens with zero attached hydrogens (tertiary/aromatic N) is 1. The third kappa shape index (κ3) is 4.84. The first kappa shape index (κ1) is 18.5. The van der Waals surface area contributed by atoms with Crippen molar-refractivity contribution in [2.45, 2.75) is 39.5 Å². The normalized spacial score (nSPS) is 10.3. The van der Waals surface area contributed by atoms with Gasteiger partial charge in [-0.15, -0.1) is 0 Å². The molecule has 25 heavy (non-hydrogen) atoms. The van der Waals surface area contributed by atoms with E-state index in [0.717, 1.165) is 24.8 Å². The van der Waals surface area contributed by atoms with E-state index in [1.165, 1.54) is 6.92 Å². The van der Waals surface area contributed by atoms with E-state index in [2.05, 4.69) is 6.07 Å². The van der Waals surface area contributed by atoms with Crippen LogP contribution in [-0.4, -0.2) is 17.5 Å². The van der Waals surface area contributed by atoms with E-state index in [4.69, 9.17) is 10.00 Å². The highest BCUT2D eigenvalue weighted by atomic mass is 16.5. The van der Waals surface area contributed by atoms with Gasteiger partial charge in [0, 0.05) is 5.56 Å². The summed E-state index contributed by atoms with van der Waals surface area (Å²) in [6.07, 6.45) is 3.20. The lowest BCUT2D eigenvalue weighted by Gasteiger charge is -2.14. The van der Waals surface area contributed by atoms with Gasteiger partial charge in [0.15, 0.2) is 5.78 Å². The molecule has 2 rings (SSSR count). The Morgan fingerprint density at radius 1 is 1.16 bits per heavy atom. The average Bonchev–Trinajstić information content (AvgIpc) is 2.61. The Kier molecular flexibility index (Phi) is 6.59. The van der Waals surface area contributed by atoms with E-state index < -0.39 is 0 Å². The standard InChI is InChI=1S/C21H23NO3/c1-3-5-19-20(12-11-18(15(2)23)21(19)24)25-13-4-6-16-7-9-17(14-22)10-8-16/h7-12,24H,3-6,13H2,1-2H3. The number of hydrogen-bond donors (Lipinski definition) is 1. The van der Waals surface area contributed by atoms with Crippen LogP contribution in [-0.2, 0) is 12.8 Å². The quantitative estimate of drug-likeness (QED) is 0.571. The fraction of sp³-hybridized carbons (Fsp3) is 0.333. The fourth-order valence-electron chi connectivity index (χ4n) is 2.73. The van der Waals surface area contributed by atoms with Gasteiger partial charge >= 0.3 is 0 Å². The Bertz CT molecular complexity index is 773. The van der Waals surface area contributed by atoms with Crippen molar-refractivity contribution < 1.29 is 14.6 Å². The zero-order chi connectivity index (χ0) is 18.2. The van der Waals surface area contributed by atoms with Crippen LogP contribution in [0.3, 0.4) is 0 Å². The summed E-state index contributed by atoms with van der Waals surface area (Å²) in [5, 5.41) is 19.1. The monoisotopic (exact) mass is 337 g/mol. The number of ether oxygens (including phenoxy) is 1. The highest BCUT2D eigenvalue weighted by Gasteiger charge is 2.15. The van der Waals surface area contributed by atoms with Gasteiger partial charge in [-0.05, 0) is 56.0 Å². The molecule has 0 radical (unpaired) electrons. The van der Waals surface area contributed by atoms with Gasteiger partial charge in [-0.1, -0.05) is 25.5 Å². The Balaban J connectivity index is 1.98. The Morgan fingerprint density at radius 2 is 1.88 bits per heavy atom. The zero-order valence-corrected chi connectivity index (χ0v) is 14.7. The Labute approximate surface area is 148 Å². The molecule has 0 aliphatic carbocycles. The first-order chi connectivity index (χ1) is 12.1. The first-order valence-electron chi connectivity index (χ1n) is 8.54. The number of phenols is 1. The van der Waals surface area contributed by atoms with Crippen LogP contribution in [0, 0.1) is 11.3 Å². The van der Waals surface area contributed by atoms with Crippen LogP contribution < -0.4 is 4.74 Å². The Hall–Kier alpha value is -2.80. The van der Waals surface area contributed by atoms with Crippen LogP contribution in [0.4, 0.5) is 0 Å². The predicted molar refractivity (Wildman–Crippen MR) is 97.1 cm³/mol. The molecule has 130 valence electrons. The van der Waals surface area contributed by atoms with Crippen LogP contribution in [0.2, 0.25) is 0 Å². The maximum atomic E-state index is 11.6. The molecule has 0 aliphatic heterocycles. The number of ketones is 1. The van der Waals surface area contributed by atoms with Crippen molar-refractivity contribution in [1.82, 2.24) is 0 Å². The van der Waals surface area contributed by atoms with E-state index in [9.17, 15) is 9.90 Å². The minimum Gasteiger partial charge on any atom is -0.507 e. The summed E-state index contributed by atoms with van der Waals surface area (Å²) >= 11 is 0. The lowest BCUT2D eigenvalue weighted by Crippen LogP contribution is -2.04. The van der Waals surface area contributed by atoms with E-state index >= 15 is 0 Å². The maximum absolute atomic E-state index is 11.6. The summed E-state index contributed by atoms with van der Waals surface area (Å²) in [7, 11) is 0. The molecule has 0 aliphatic rings. The molecule has 0 amide bonds. The van der Waals surface area contributed by atoms with Crippen LogP contribution >= 0.6 is 0 Å². The number of hydrogen-bond acceptors (Lipinski definition) is 4. The average molecular weight is 337 g/mol. The van der Waals surface area contributed by atoms with Crippen LogP contribution in [0.1, 0.15) is 53.7 Å². The molecule has 2 aromatic carbocycles. The van der Waals surface area contributed by atoms with Crippen molar-refractivity contribution in [2.75, 3.05) is 6.61 Å². The van der Waals surface area contributed by atoms with E-state index in [1.807, 2.05) is 31.2 Å². The number of phenolic OH excluding ortho intramolecular Hbond substituents is 1. The van der Waals surface area contributed by atoms with Crippen molar-refractivity contribution in [3.05, 3.63) is 58.7 Å². The second-order valence-corrected chi connectivity index (χ2v) is 6.01. The second kappa shape index (κ2) is 8.89. The number of carbonyl (C=O) groups excluding carboxylic acids is 1. The van der Waals surface area contributed by atoms with E-state index in [0.29, 0.717) is 35.5 Å². The lowest BCUT2D eigenvalue weighted by atomic mass is 10.0. The highest BCUT2D eigenvalue weighted by Crippen LogP contribution is 2.33. The van der Waals surface area contributed by atoms with Gasteiger partial charge in [-0.25, -0.2) is 0 Å². The summed E-state index contributed by atoms with van der Waals surface area (Å²) < 4.78 is 5.85. The number of benzene rings is 2. The van der Waals surface area contributed by atoms with Crippen molar-refractivity contribution >= 4 is 5.78 Å². The van der Waals surface area contributed by atoms with Gasteiger partial charge < -0.3 is 9.84 Å². The van der Waals surface area contributed by atoms with Gasteiger partial charge in [-0.2, -0.15) is 5.26 Å². The molecule has 0 saturated heterocycles. The summed E-state index contributed by atoms with van der Waals surface area (Å²) in [5.41, 5.74) is 2.86. The molecule has 1 N–H and O–H groups in total. The molecule has 4 heteroatoms. The molecule has 0 fully saturated rings. The smallest absolute Gasteiger partial charge is 0.163 e. The van der Waals surface area contributed by atoms with Crippen LogP contribution in [0.5, 0.6) is 11.5 Å². The lowest BCUT2D eigenvalue weighted by molar-refractivity contribution is 0.101. The minimum absolute atomic E-state index is 0.0407. The van der Waals surface area contributed by atoms with Crippen molar-refractivity contribution in [3.63, 3.8) is 0 Å². The molecule has 0 spiro atoms. The molecule has 0 atom stereocenters. The molecular formula is C21H23NO3. The van der Waals surface area contributed by atoms with Crippen LogP contribution in [0.25, 0.3) is 0 Å². The third-order valence-corrected chi connectivity index (χ3v) is 4.07. The summed E-state index contributed by atoms with van der Waals surface area (Å²) in [4.78, 5) is 11.6. The summed E-state index contributed by atoms with van der Waals surface area (Å²) in [6, 6.07) is 13.0. The number of carbonyl (C=O) groups is 1. The number of aromatic hydroxyl groups is 1. The van der Waals surface area contributed by atoms with Gasteiger partial charge in [0.25, 0.3) is 0 Å². The third-order valence-electron chi connectivity index (χ3n) is 4.07. The largest absolute Gasteiger partial charge is 0.507 e. The van der Waals surface area contributed by atoms with Gasteiger partial charge in [0.05, 0.1) is 23.8 Å². The van der Waals surface area contributed by atoms with E-state index in [1.54, 1.807) is 12.1 Å². The highest BCUT2D eigenvalue weighted by molar-refractivity contribution is 5.97. The number of nitriles is 1. The fourth-order valence-corrected chi connectivity index (χ4v) is 2.73. The number of Topliss-reactive ketones (excluding diaryl/α,β-unsaturated/α-hetero) is 1.